The highest BCUT2D eigenvalue weighted by Crippen LogP contribution is 1.82. The first-order valence-corrected chi connectivity index (χ1v) is 3.92. The molecule has 0 saturated heterocycles. The molecule has 0 saturated carbocycles. The van der Waals surface area contributed by atoms with Crippen LogP contribution >= 0.6 is 0 Å². The van der Waals surface area contributed by atoms with Crippen LogP contribution < -0.4 is 5.32 Å². The van der Waals surface area contributed by atoms with Crippen LogP contribution in [-0.2, 0) is 4.74 Å². The molecule has 0 aromatic rings. The van der Waals surface area contributed by atoms with Gasteiger partial charge in [0.25, 0.3) is 0 Å². The zero-order valence-corrected chi connectivity index (χ0v) is 7.74. The number of carboxylic acid groups (broad SMARTS) is 1. The Labute approximate surface area is 76.5 Å². The minimum absolute atomic E-state index is 0.244. The highest BCUT2D eigenvalue weighted by Gasteiger charge is 2.05. The van der Waals surface area contributed by atoms with Gasteiger partial charge in [0.15, 0.2) is 0 Å². The Morgan fingerprint density at radius 1 is 1.54 bits per heavy atom. The fourth-order valence-corrected chi connectivity index (χ4v) is 0.603. The summed E-state index contributed by atoms with van der Waals surface area (Å²) in [6.07, 6.45) is -1.55. The van der Waals surface area contributed by atoms with E-state index in [1.807, 2.05) is 0 Å². The minimum Gasteiger partial charge on any atom is -0.465 e. The van der Waals surface area contributed by atoms with Crippen LogP contribution in [0.25, 0.3) is 0 Å². The van der Waals surface area contributed by atoms with E-state index in [1.54, 1.807) is 6.92 Å². The highest BCUT2D eigenvalue weighted by atomic mass is 16.5. The van der Waals surface area contributed by atoms with Crippen molar-refractivity contribution in [1.29, 1.82) is 0 Å². The lowest BCUT2D eigenvalue weighted by Crippen LogP contribution is -2.35. The molecule has 2 amide bonds. The largest absolute Gasteiger partial charge is 0.465 e. The maximum Gasteiger partial charge on any atom is 0.407 e. The number of carbonyl (C=O) groups is 2. The third-order valence-corrected chi connectivity index (χ3v) is 1.32. The third-order valence-electron chi connectivity index (χ3n) is 1.32. The van der Waals surface area contributed by atoms with E-state index in [2.05, 4.69) is 10.1 Å². The van der Waals surface area contributed by atoms with Crippen molar-refractivity contribution in [2.45, 2.75) is 6.92 Å². The van der Waals surface area contributed by atoms with Gasteiger partial charge in [-0.2, -0.15) is 0 Å². The van der Waals surface area contributed by atoms with Gasteiger partial charge in [0, 0.05) is 20.1 Å². The summed E-state index contributed by atoms with van der Waals surface area (Å²) >= 11 is 0. The van der Waals surface area contributed by atoms with Gasteiger partial charge in [-0.3, -0.25) is 0 Å². The molecule has 0 atom stereocenters. The molecule has 0 radical (unpaired) electrons. The Kier molecular flexibility index (Phi) is 5.42. The fourth-order valence-electron chi connectivity index (χ4n) is 0.603. The molecule has 0 fully saturated rings. The Morgan fingerprint density at radius 3 is 2.62 bits per heavy atom. The van der Waals surface area contributed by atoms with Crippen LogP contribution in [-0.4, -0.2) is 48.9 Å². The van der Waals surface area contributed by atoms with Gasteiger partial charge in [0.2, 0.25) is 0 Å². The Hall–Kier alpha value is -1.46. The smallest absolute Gasteiger partial charge is 0.407 e. The van der Waals surface area contributed by atoms with Crippen molar-refractivity contribution >= 4 is 12.2 Å². The van der Waals surface area contributed by atoms with Crippen LogP contribution in [0, 0.1) is 0 Å². The number of ether oxygens (including phenoxy) is 1. The fraction of sp³-hybridized carbons (Fsp3) is 0.714. The normalized spacial score (nSPS) is 9.08. The molecular weight excluding hydrogens is 176 g/mol. The predicted molar refractivity (Wildman–Crippen MR) is 45.7 cm³/mol. The van der Waals surface area contributed by atoms with E-state index in [-0.39, 0.29) is 13.1 Å². The van der Waals surface area contributed by atoms with Gasteiger partial charge in [-0.05, 0) is 6.92 Å². The van der Waals surface area contributed by atoms with E-state index in [4.69, 9.17) is 5.11 Å². The van der Waals surface area contributed by atoms with Gasteiger partial charge in [-0.15, -0.1) is 0 Å². The number of rotatable bonds is 4. The molecule has 0 aliphatic heterocycles. The second kappa shape index (κ2) is 6.10. The molecule has 76 valence electrons. The van der Waals surface area contributed by atoms with Gasteiger partial charge in [-0.25, -0.2) is 9.59 Å². The molecule has 0 bridgehead atoms. The molecule has 0 rings (SSSR count). The number of nitrogens with one attached hydrogen (secondary N) is 1. The summed E-state index contributed by atoms with van der Waals surface area (Å²) in [7, 11) is 1.43. The van der Waals surface area contributed by atoms with E-state index in [9.17, 15) is 9.59 Å². The molecule has 13 heavy (non-hydrogen) atoms. The van der Waals surface area contributed by atoms with Crippen molar-refractivity contribution < 1.29 is 19.4 Å². The maximum atomic E-state index is 10.7. The molecular formula is C7H14N2O4. The Morgan fingerprint density at radius 2 is 2.15 bits per heavy atom. The first-order chi connectivity index (χ1) is 6.07. The minimum atomic E-state index is -1.02. The average molecular weight is 190 g/mol. The third kappa shape index (κ3) is 5.77. The van der Waals surface area contributed by atoms with Crippen molar-refractivity contribution in [2.24, 2.45) is 0 Å². The molecule has 6 nitrogen and oxygen atoms in total. The number of likely N-dealkylation sites (N-methyl/N-ethyl adjacent to an activating group) is 1. The second-order valence-corrected chi connectivity index (χ2v) is 2.35. The molecule has 0 unspecified atom stereocenters. The van der Waals surface area contributed by atoms with Gasteiger partial charge in [0.1, 0.15) is 0 Å². The molecule has 0 aromatic heterocycles. The van der Waals surface area contributed by atoms with E-state index in [0.29, 0.717) is 6.61 Å². The lowest BCUT2D eigenvalue weighted by Gasteiger charge is -2.12. The van der Waals surface area contributed by atoms with Gasteiger partial charge < -0.3 is 20.1 Å². The summed E-state index contributed by atoms with van der Waals surface area (Å²) in [4.78, 5) is 22.1. The number of carbonyl (C=O) groups excluding carboxylic acids is 1. The summed E-state index contributed by atoms with van der Waals surface area (Å²) in [5.74, 6) is 0. The molecule has 0 aromatic carbocycles. The van der Waals surface area contributed by atoms with Gasteiger partial charge >= 0.3 is 12.2 Å². The van der Waals surface area contributed by atoms with E-state index >= 15 is 0 Å². The van der Waals surface area contributed by atoms with Crippen LogP contribution in [0.4, 0.5) is 9.59 Å². The van der Waals surface area contributed by atoms with Crippen LogP contribution in [0.5, 0.6) is 0 Å². The summed E-state index contributed by atoms with van der Waals surface area (Å²) in [6.45, 7) is 2.50. The average Bonchev–Trinajstić information content (AvgIpc) is 2.04. The predicted octanol–water partition coefficient (Wildman–Crippen LogP) is 0.342. The summed E-state index contributed by atoms with van der Waals surface area (Å²) < 4.78 is 4.57. The molecule has 0 heterocycles. The molecule has 6 heteroatoms. The van der Waals surface area contributed by atoms with E-state index < -0.39 is 12.2 Å². The van der Waals surface area contributed by atoms with Crippen LogP contribution in [0.3, 0.4) is 0 Å². The van der Waals surface area contributed by atoms with E-state index in [0.717, 1.165) is 4.90 Å². The monoisotopic (exact) mass is 190 g/mol. The van der Waals surface area contributed by atoms with Crippen LogP contribution in [0.15, 0.2) is 0 Å². The Bertz CT molecular complexity index is 183. The van der Waals surface area contributed by atoms with Crippen molar-refractivity contribution in [3.05, 3.63) is 0 Å². The first-order valence-electron chi connectivity index (χ1n) is 3.92. The number of hydrogen-bond donors (Lipinski definition) is 2. The Balaban J connectivity index is 3.44. The number of amides is 2. The molecule has 0 aliphatic rings. The lowest BCUT2D eigenvalue weighted by atomic mass is 10.6. The van der Waals surface area contributed by atoms with Gasteiger partial charge in [0.05, 0.1) is 6.61 Å². The zero-order chi connectivity index (χ0) is 10.3. The zero-order valence-electron chi connectivity index (χ0n) is 7.74. The number of hydrogen-bond acceptors (Lipinski definition) is 3. The molecule has 0 spiro atoms. The summed E-state index contributed by atoms with van der Waals surface area (Å²) in [5.41, 5.74) is 0. The van der Waals surface area contributed by atoms with Crippen molar-refractivity contribution in [3.63, 3.8) is 0 Å². The van der Waals surface area contributed by atoms with Gasteiger partial charge in [-0.1, -0.05) is 0 Å². The summed E-state index contributed by atoms with van der Waals surface area (Å²) in [6, 6.07) is 0. The van der Waals surface area contributed by atoms with Crippen molar-refractivity contribution in [3.8, 4) is 0 Å². The quantitative estimate of drug-likeness (QED) is 0.670. The summed E-state index contributed by atoms with van der Waals surface area (Å²) in [5, 5.41) is 10.8. The number of alkyl carbamates (subject to hydrolysis) is 1. The molecule has 2 N–H and O–H groups in total. The second-order valence-electron chi connectivity index (χ2n) is 2.35. The van der Waals surface area contributed by atoms with Crippen LogP contribution in [0.2, 0.25) is 0 Å². The SMILES string of the molecule is CCOC(=O)NCCN(C)C(=O)O. The highest BCUT2D eigenvalue weighted by molar-refractivity contribution is 5.67. The van der Waals surface area contributed by atoms with Crippen molar-refractivity contribution in [2.75, 3.05) is 26.7 Å². The topological polar surface area (TPSA) is 78.9 Å². The number of nitrogens with zero attached hydrogens (tertiary/aromatic N) is 1. The van der Waals surface area contributed by atoms with E-state index in [1.165, 1.54) is 7.05 Å². The maximum absolute atomic E-state index is 10.7. The molecule has 0 aliphatic carbocycles. The van der Waals surface area contributed by atoms with Crippen LogP contribution in [0.1, 0.15) is 6.92 Å². The first kappa shape index (κ1) is 11.5. The lowest BCUT2D eigenvalue weighted by molar-refractivity contribution is 0.144. The van der Waals surface area contributed by atoms with Crippen molar-refractivity contribution in [1.82, 2.24) is 10.2 Å². The standard InChI is InChI=1S/C7H14N2O4/c1-3-13-6(10)8-4-5-9(2)7(11)12/h3-5H2,1-2H3,(H,8,10)(H,11,12).